The van der Waals surface area contributed by atoms with Crippen molar-refractivity contribution in [2.45, 2.75) is 78.0 Å². The summed E-state index contributed by atoms with van der Waals surface area (Å²) in [7, 11) is 0. The zero-order chi connectivity index (χ0) is 21.0. The first kappa shape index (κ1) is 22.1. The Morgan fingerprint density at radius 2 is 2.03 bits per heavy atom. The summed E-state index contributed by atoms with van der Waals surface area (Å²) in [6, 6.07) is 6.61. The van der Waals surface area contributed by atoms with Crippen LogP contribution in [0.15, 0.2) is 18.2 Å². The fourth-order valence-electron chi connectivity index (χ4n) is 4.73. The molecule has 2 aliphatic heterocycles. The first-order valence-electron chi connectivity index (χ1n) is 11.2. The number of ether oxygens (including phenoxy) is 2. The van der Waals surface area contributed by atoms with E-state index in [9.17, 15) is 4.79 Å². The molecule has 0 aliphatic carbocycles. The van der Waals surface area contributed by atoms with E-state index in [2.05, 4.69) is 42.3 Å². The highest BCUT2D eigenvalue weighted by molar-refractivity contribution is 5.76. The molecule has 2 heterocycles. The minimum Gasteiger partial charge on any atom is -0.493 e. The van der Waals surface area contributed by atoms with Crippen LogP contribution in [0.4, 0.5) is 0 Å². The van der Waals surface area contributed by atoms with E-state index >= 15 is 0 Å². The van der Waals surface area contributed by atoms with E-state index in [0.29, 0.717) is 5.92 Å². The molecule has 0 spiro atoms. The highest BCUT2D eigenvalue weighted by Gasteiger charge is 2.38. The van der Waals surface area contributed by atoms with E-state index < -0.39 is 5.60 Å². The van der Waals surface area contributed by atoms with E-state index in [0.717, 1.165) is 57.7 Å². The Morgan fingerprint density at radius 3 is 2.69 bits per heavy atom. The molecule has 0 amide bonds. The number of esters is 1. The second-order valence-corrected chi connectivity index (χ2v) is 9.49. The molecule has 0 bridgehead atoms. The number of hydrogen-bond donors (Lipinski definition) is 1. The zero-order valence-electron chi connectivity index (χ0n) is 18.8. The van der Waals surface area contributed by atoms with Crippen molar-refractivity contribution in [1.29, 1.82) is 0 Å². The van der Waals surface area contributed by atoms with Crippen LogP contribution in [0, 0.1) is 5.92 Å². The minimum atomic E-state index is -0.467. The average molecular weight is 403 g/mol. The van der Waals surface area contributed by atoms with Gasteiger partial charge in [0.25, 0.3) is 0 Å². The van der Waals surface area contributed by atoms with Gasteiger partial charge in [-0.2, -0.15) is 0 Å². The Morgan fingerprint density at radius 1 is 1.31 bits per heavy atom. The third-order valence-electron chi connectivity index (χ3n) is 6.05. The van der Waals surface area contributed by atoms with Gasteiger partial charge in [-0.25, -0.2) is 0 Å². The van der Waals surface area contributed by atoms with Crippen molar-refractivity contribution in [3.63, 3.8) is 0 Å². The Labute approximate surface area is 176 Å². The summed E-state index contributed by atoms with van der Waals surface area (Å²) in [5.41, 5.74) is 2.15. The smallest absolute Gasteiger partial charge is 0.324 e. The lowest BCUT2D eigenvalue weighted by atomic mass is 9.87. The topological polar surface area (TPSA) is 50.8 Å². The average Bonchev–Trinajstić information content (AvgIpc) is 3.12. The molecule has 1 saturated heterocycles. The normalized spacial score (nSPS) is 19.5. The monoisotopic (exact) mass is 402 g/mol. The molecule has 162 valence electrons. The van der Waals surface area contributed by atoms with Crippen molar-refractivity contribution < 1.29 is 14.3 Å². The largest absolute Gasteiger partial charge is 0.493 e. The quantitative estimate of drug-likeness (QED) is 0.707. The van der Waals surface area contributed by atoms with Crippen LogP contribution < -0.4 is 10.1 Å². The van der Waals surface area contributed by atoms with E-state index in [1.165, 1.54) is 11.1 Å². The molecular weight excluding hydrogens is 364 g/mol. The van der Waals surface area contributed by atoms with Gasteiger partial charge in [0, 0.05) is 12.5 Å². The second kappa shape index (κ2) is 9.48. The van der Waals surface area contributed by atoms with Gasteiger partial charge in [0.15, 0.2) is 0 Å². The van der Waals surface area contributed by atoms with Crippen LogP contribution in [-0.2, 0) is 22.4 Å². The van der Waals surface area contributed by atoms with Crippen molar-refractivity contribution in [2.75, 3.05) is 26.2 Å². The lowest BCUT2D eigenvalue weighted by Crippen LogP contribution is -2.54. The van der Waals surface area contributed by atoms with Crippen LogP contribution in [0.3, 0.4) is 0 Å². The summed E-state index contributed by atoms with van der Waals surface area (Å²) in [5.74, 6) is 1.29. The Bertz CT molecular complexity index is 692. The number of nitrogens with zero attached hydrogens (tertiary/aromatic N) is 1. The summed E-state index contributed by atoms with van der Waals surface area (Å²) >= 11 is 0. The van der Waals surface area contributed by atoms with Crippen molar-refractivity contribution in [3.8, 4) is 5.75 Å². The number of piperidine rings is 1. The number of carbonyl (C=O) groups is 1. The molecule has 0 radical (unpaired) electrons. The molecule has 0 saturated carbocycles. The molecule has 1 fully saturated rings. The summed E-state index contributed by atoms with van der Waals surface area (Å²) in [6.45, 7) is 13.8. The van der Waals surface area contributed by atoms with E-state index in [1.807, 2.05) is 20.8 Å². The van der Waals surface area contributed by atoms with Gasteiger partial charge < -0.3 is 14.8 Å². The molecule has 1 aromatic rings. The Hall–Kier alpha value is -1.59. The van der Waals surface area contributed by atoms with Gasteiger partial charge in [0.2, 0.25) is 0 Å². The third-order valence-corrected chi connectivity index (χ3v) is 6.05. The van der Waals surface area contributed by atoms with Crippen molar-refractivity contribution in [2.24, 2.45) is 5.92 Å². The molecule has 1 N–H and O–H groups in total. The molecule has 2 atom stereocenters. The molecule has 5 heteroatoms. The number of fused-ring (bicyclic) bond motifs is 1. The maximum Gasteiger partial charge on any atom is 0.324 e. The predicted molar refractivity (Wildman–Crippen MR) is 116 cm³/mol. The summed E-state index contributed by atoms with van der Waals surface area (Å²) in [6.07, 6.45) is 3.95. The Balaban J connectivity index is 1.78. The van der Waals surface area contributed by atoms with Crippen LogP contribution >= 0.6 is 0 Å². The molecular formula is C24H38N2O3. The zero-order valence-corrected chi connectivity index (χ0v) is 18.8. The fraction of sp³-hybridized carbons (Fsp3) is 0.708. The van der Waals surface area contributed by atoms with Crippen LogP contribution in [0.2, 0.25) is 0 Å². The van der Waals surface area contributed by atoms with Gasteiger partial charge in [-0.1, -0.05) is 19.1 Å². The van der Waals surface area contributed by atoms with E-state index in [1.54, 1.807) is 0 Å². The number of likely N-dealkylation sites (N-methyl/N-ethyl adjacent to an activating group) is 1. The Kier molecular flexibility index (Phi) is 7.23. The fourth-order valence-corrected chi connectivity index (χ4v) is 4.73. The van der Waals surface area contributed by atoms with E-state index in [-0.39, 0.29) is 18.1 Å². The number of carbonyl (C=O) groups excluding carboxylic acids is 1. The van der Waals surface area contributed by atoms with Crippen LogP contribution in [0.5, 0.6) is 5.75 Å². The number of benzene rings is 1. The lowest BCUT2D eigenvalue weighted by molar-refractivity contribution is -0.165. The van der Waals surface area contributed by atoms with Crippen molar-refractivity contribution >= 4 is 5.97 Å². The predicted octanol–water partition coefficient (Wildman–Crippen LogP) is 3.58. The molecule has 2 aliphatic rings. The van der Waals surface area contributed by atoms with Crippen molar-refractivity contribution in [3.05, 3.63) is 29.3 Å². The number of nitrogens with one attached hydrogen (secondary N) is 1. The van der Waals surface area contributed by atoms with Gasteiger partial charge in [-0.05, 0) is 89.7 Å². The van der Waals surface area contributed by atoms with Crippen LogP contribution in [0.1, 0.15) is 58.6 Å². The van der Waals surface area contributed by atoms with Gasteiger partial charge in [-0.3, -0.25) is 9.69 Å². The third kappa shape index (κ3) is 5.73. The maximum absolute atomic E-state index is 13.3. The van der Waals surface area contributed by atoms with Gasteiger partial charge >= 0.3 is 5.97 Å². The first-order chi connectivity index (χ1) is 13.8. The van der Waals surface area contributed by atoms with Gasteiger partial charge in [0.05, 0.1) is 6.61 Å². The minimum absolute atomic E-state index is 0.0690. The van der Waals surface area contributed by atoms with Gasteiger partial charge in [-0.15, -0.1) is 0 Å². The van der Waals surface area contributed by atoms with Crippen LogP contribution in [-0.4, -0.2) is 54.8 Å². The summed E-state index contributed by atoms with van der Waals surface area (Å²) < 4.78 is 11.5. The van der Waals surface area contributed by atoms with Gasteiger partial charge in [0.1, 0.15) is 17.4 Å². The highest BCUT2D eigenvalue weighted by atomic mass is 16.6. The van der Waals surface area contributed by atoms with E-state index in [4.69, 9.17) is 9.47 Å². The first-order valence-corrected chi connectivity index (χ1v) is 11.2. The van der Waals surface area contributed by atoms with Crippen LogP contribution in [0.25, 0.3) is 0 Å². The lowest BCUT2D eigenvalue weighted by Gasteiger charge is -2.41. The summed E-state index contributed by atoms with van der Waals surface area (Å²) in [5, 5.41) is 3.42. The molecule has 5 nitrogen and oxygen atoms in total. The SMILES string of the molecule is CCN(C(C)Cc1ccc2c(c1)CCO2)[C@H](C(=O)OC(C)(C)C)C1CCNCC1. The molecule has 3 rings (SSSR count). The molecule has 1 aromatic carbocycles. The molecule has 0 aromatic heterocycles. The molecule has 1 unspecified atom stereocenters. The standard InChI is InChI=1S/C24H38N2O3/c1-6-26(17(2)15-18-7-8-21-20(16-18)11-14-28-21)22(19-9-12-25-13-10-19)23(27)29-24(3,4)5/h7-8,16-17,19,22,25H,6,9-15H2,1-5H3/t17?,22-/m0/s1. The number of hydrogen-bond acceptors (Lipinski definition) is 5. The summed E-state index contributed by atoms with van der Waals surface area (Å²) in [4.78, 5) is 15.6. The second-order valence-electron chi connectivity index (χ2n) is 9.49. The maximum atomic E-state index is 13.3. The number of rotatable bonds is 7. The van der Waals surface area contributed by atoms with Crippen molar-refractivity contribution in [1.82, 2.24) is 10.2 Å². The molecule has 29 heavy (non-hydrogen) atoms. The highest BCUT2D eigenvalue weighted by Crippen LogP contribution is 2.29.